The van der Waals surface area contributed by atoms with Crippen molar-refractivity contribution in [2.75, 3.05) is 0 Å². The summed E-state index contributed by atoms with van der Waals surface area (Å²) < 4.78 is 2.77. The third kappa shape index (κ3) is 1.03. The van der Waals surface area contributed by atoms with Gasteiger partial charge in [-0.2, -0.15) is 5.10 Å². The van der Waals surface area contributed by atoms with Gasteiger partial charge in [-0.1, -0.05) is 0 Å². The largest absolute Gasteiger partial charge is 0.220 e. The highest BCUT2D eigenvalue weighted by molar-refractivity contribution is 9.10. The predicted molar refractivity (Wildman–Crippen MR) is 45.4 cm³/mol. The molecule has 0 saturated heterocycles. The molecule has 0 amide bonds. The third-order valence-electron chi connectivity index (χ3n) is 1.53. The SMILES string of the molecule is Cc1cc(Br)cn2ncnc12. The van der Waals surface area contributed by atoms with E-state index in [-0.39, 0.29) is 0 Å². The van der Waals surface area contributed by atoms with Crippen molar-refractivity contribution in [1.29, 1.82) is 0 Å². The molecule has 0 atom stereocenters. The van der Waals surface area contributed by atoms with Gasteiger partial charge in [0.1, 0.15) is 6.33 Å². The summed E-state index contributed by atoms with van der Waals surface area (Å²) in [7, 11) is 0. The smallest absolute Gasteiger partial charge is 0.158 e. The van der Waals surface area contributed by atoms with Crippen LogP contribution in [0.5, 0.6) is 0 Å². The van der Waals surface area contributed by atoms with E-state index in [1.807, 2.05) is 19.2 Å². The van der Waals surface area contributed by atoms with Gasteiger partial charge in [-0.3, -0.25) is 0 Å². The zero-order valence-electron chi connectivity index (χ0n) is 5.95. The molecule has 2 heterocycles. The van der Waals surface area contributed by atoms with Gasteiger partial charge >= 0.3 is 0 Å². The fraction of sp³-hybridized carbons (Fsp3) is 0.143. The molecule has 0 saturated carbocycles. The highest BCUT2D eigenvalue weighted by Crippen LogP contribution is 2.13. The van der Waals surface area contributed by atoms with Gasteiger partial charge in [-0.25, -0.2) is 9.50 Å². The molecular weight excluding hydrogens is 206 g/mol. The van der Waals surface area contributed by atoms with Crippen LogP contribution in [0.3, 0.4) is 0 Å². The fourth-order valence-corrected chi connectivity index (χ4v) is 1.59. The Morgan fingerprint density at radius 2 is 2.36 bits per heavy atom. The van der Waals surface area contributed by atoms with Crippen LogP contribution >= 0.6 is 15.9 Å². The molecule has 2 aromatic rings. The number of rotatable bonds is 0. The first-order valence-electron chi connectivity index (χ1n) is 3.23. The Kier molecular flexibility index (Phi) is 1.42. The Morgan fingerprint density at radius 1 is 1.55 bits per heavy atom. The van der Waals surface area contributed by atoms with Crippen LogP contribution in [-0.4, -0.2) is 14.6 Å². The number of halogens is 1. The maximum Gasteiger partial charge on any atom is 0.158 e. The Labute approximate surface area is 72.2 Å². The summed E-state index contributed by atoms with van der Waals surface area (Å²) in [6.07, 6.45) is 3.43. The molecule has 0 aliphatic rings. The van der Waals surface area contributed by atoms with E-state index in [9.17, 15) is 0 Å². The van der Waals surface area contributed by atoms with Crippen LogP contribution in [0.1, 0.15) is 5.56 Å². The first-order chi connectivity index (χ1) is 5.27. The minimum Gasteiger partial charge on any atom is -0.220 e. The zero-order valence-corrected chi connectivity index (χ0v) is 7.54. The van der Waals surface area contributed by atoms with Crippen molar-refractivity contribution in [3.63, 3.8) is 0 Å². The first-order valence-corrected chi connectivity index (χ1v) is 4.02. The molecule has 0 radical (unpaired) electrons. The first kappa shape index (κ1) is 6.79. The number of aryl methyl sites for hydroxylation is 1. The number of hydrogen-bond donors (Lipinski definition) is 0. The van der Waals surface area contributed by atoms with Crippen LogP contribution in [0.4, 0.5) is 0 Å². The van der Waals surface area contributed by atoms with E-state index in [1.54, 1.807) is 10.8 Å². The van der Waals surface area contributed by atoms with Crippen LogP contribution in [0.25, 0.3) is 5.65 Å². The summed E-state index contributed by atoms with van der Waals surface area (Å²) in [5.74, 6) is 0. The molecule has 11 heavy (non-hydrogen) atoms. The van der Waals surface area contributed by atoms with Gasteiger partial charge in [0, 0.05) is 10.7 Å². The number of nitrogens with zero attached hydrogens (tertiary/aromatic N) is 3. The second-order valence-corrected chi connectivity index (χ2v) is 3.29. The van der Waals surface area contributed by atoms with Gasteiger partial charge in [-0.05, 0) is 34.5 Å². The van der Waals surface area contributed by atoms with E-state index in [4.69, 9.17) is 0 Å². The van der Waals surface area contributed by atoms with E-state index < -0.39 is 0 Å². The molecule has 0 bridgehead atoms. The van der Waals surface area contributed by atoms with E-state index in [0.29, 0.717) is 0 Å². The van der Waals surface area contributed by atoms with Crippen molar-refractivity contribution in [3.05, 3.63) is 28.6 Å². The zero-order chi connectivity index (χ0) is 7.84. The molecular formula is C7H6BrN3. The number of pyridine rings is 1. The van der Waals surface area contributed by atoms with Gasteiger partial charge in [-0.15, -0.1) is 0 Å². The van der Waals surface area contributed by atoms with E-state index in [0.717, 1.165) is 15.7 Å². The van der Waals surface area contributed by atoms with Crippen molar-refractivity contribution >= 4 is 21.6 Å². The summed E-state index contributed by atoms with van der Waals surface area (Å²) in [5, 5.41) is 4.02. The number of hydrogen-bond acceptors (Lipinski definition) is 2. The van der Waals surface area contributed by atoms with Gasteiger partial charge in [0.05, 0.1) is 0 Å². The second kappa shape index (κ2) is 2.30. The quantitative estimate of drug-likeness (QED) is 0.666. The minimum absolute atomic E-state index is 0.910. The van der Waals surface area contributed by atoms with Crippen LogP contribution in [0, 0.1) is 6.92 Å². The van der Waals surface area contributed by atoms with Crippen LogP contribution in [0.15, 0.2) is 23.1 Å². The standard InChI is InChI=1S/C7H6BrN3/c1-5-2-6(8)3-11-7(5)9-4-10-11/h2-4H,1H3. The van der Waals surface area contributed by atoms with Crippen molar-refractivity contribution in [3.8, 4) is 0 Å². The van der Waals surface area contributed by atoms with Crippen molar-refractivity contribution in [1.82, 2.24) is 14.6 Å². The van der Waals surface area contributed by atoms with Crippen molar-refractivity contribution in [2.24, 2.45) is 0 Å². The molecule has 2 rings (SSSR count). The summed E-state index contributed by atoms with van der Waals surface area (Å²) in [5.41, 5.74) is 2.03. The Morgan fingerprint density at radius 3 is 3.18 bits per heavy atom. The second-order valence-electron chi connectivity index (χ2n) is 2.37. The normalized spacial score (nSPS) is 10.7. The van der Waals surface area contributed by atoms with Gasteiger partial charge in [0.2, 0.25) is 0 Å². The van der Waals surface area contributed by atoms with Gasteiger partial charge in [0.25, 0.3) is 0 Å². The Balaban J connectivity index is 2.91. The average molecular weight is 212 g/mol. The lowest BCUT2D eigenvalue weighted by Crippen LogP contribution is -1.89. The number of fused-ring (bicyclic) bond motifs is 1. The van der Waals surface area contributed by atoms with Crippen molar-refractivity contribution in [2.45, 2.75) is 6.92 Å². The molecule has 0 fully saturated rings. The van der Waals surface area contributed by atoms with E-state index in [1.165, 1.54) is 0 Å². The lowest BCUT2D eigenvalue weighted by Gasteiger charge is -1.96. The van der Waals surface area contributed by atoms with Crippen LogP contribution in [-0.2, 0) is 0 Å². The molecule has 56 valence electrons. The molecule has 4 heteroatoms. The summed E-state index contributed by atoms with van der Waals surface area (Å²) in [4.78, 5) is 4.09. The Hall–Kier alpha value is -0.900. The molecule has 3 nitrogen and oxygen atoms in total. The molecule has 0 aliphatic carbocycles. The fourth-order valence-electron chi connectivity index (χ4n) is 1.05. The lowest BCUT2D eigenvalue weighted by molar-refractivity contribution is 0.951. The predicted octanol–water partition coefficient (Wildman–Crippen LogP) is 1.80. The monoisotopic (exact) mass is 211 g/mol. The lowest BCUT2D eigenvalue weighted by atomic mass is 10.3. The highest BCUT2D eigenvalue weighted by atomic mass is 79.9. The minimum atomic E-state index is 0.910. The van der Waals surface area contributed by atoms with Crippen molar-refractivity contribution < 1.29 is 0 Å². The molecule has 0 aromatic carbocycles. The third-order valence-corrected chi connectivity index (χ3v) is 1.96. The maximum atomic E-state index is 4.09. The molecule has 2 aromatic heterocycles. The summed E-state index contributed by atoms with van der Waals surface area (Å²) in [6.45, 7) is 2.01. The molecule has 0 unspecified atom stereocenters. The number of aromatic nitrogens is 3. The highest BCUT2D eigenvalue weighted by Gasteiger charge is 1.99. The van der Waals surface area contributed by atoms with Gasteiger partial charge in [0.15, 0.2) is 5.65 Å². The van der Waals surface area contributed by atoms with E-state index >= 15 is 0 Å². The molecule has 0 N–H and O–H groups in total. The summed E-state index contributed by atoms with van der Waals surface area (Å²) >= 11 is 3.38. The van der Waals surface area contributed by atoms with Crippen LogP contribution < -0.4 is 0 Å². The summed E-state index contributed by atoms with van der Waals surface area (Å²) in [6, 6.07) is 2.02. The molecule has 0 spiro atoms. The average Bonchev–Trinajstić information content (AvgIpc) is 2.34. The van der Waals surface area contributed by atoms with Crippen LogP contribution in [0.2, 0.25) is 0 Å². The Bertz CT molecular complexity index is 393. The maximum absolute atomic E-state index is 4.09. The topological polar surface area (TPSA) is 30.2 Å². The van der Waals surface area contributed by atoms with Gasteiger partial charge < -0.3 is 0 Å². The van der Waals surface area contributed by atoms with E-state index in [2.05, 4.69) is 26.0 Å². The molecule has 0 aliphatic heterocycles.